The lowest BCUT2D eigenvalue weighted by atomic mass is 9.93. The van der Waals surface area contributed by atoms with E-state index in [0.29, 0.717) is 5.92 Å². The number of nitrogens with two attached hydrogens (primary N) is 1. The fraction of sp³-hybridized carbons (Fsp3) is 0.455. The summed E-state index contributed by atoms with van der Waals surface area (Å²) in [6, 6.07) is 3.16. The van der Waals surface area contributed by atoms with Crippen molar-refractivity contribution in [1.29, 1.82) is 0 Å². The summed E-state index contributed by atoms with van der Waals surface area (Å²) in [6.45, 7) is 2.12. The summed E-state index contributed by atoms with van der Waals surface area (Å²) in [5.74, 6) is 1.88. The van der Waals surface area contributed by atoms with Crippen LogP contribution in [0.25, 0.3) is 0 Å². The first-order chi connectivity index (χ1) is 7.09. The first kappa shape index (κ1) is 11.2. The SMILES string of the molecule is CC1CSCc2cc(F)c(Cl)cc2C1N. The van der Waals surface area contributed by atoms with Crippen LogP contribution in [0, 0.1) is 11.7 Å². The summed E-state index contributed by atoms with van der Waals surface area (Å²) in [6.07, 6.45) is 0. The molecule has 0 amide bonds. The lowest BCUT2D eigenvalue weighted by molar-refractivity contribution is 0.522. The number of hydrogen-bond acceptors (Lipinski definition) is 2. The molecular formula is C11H13ClFNS. The number of thioether (sulfide) groups is 1. The zero-order chi connectivity index (χ0) is 11.0. The second-order valence-electron chi connectivity index (χ2n) is 3.98. The minimum atomic E-state index is -0.349. The van der Waals surface area contributed by atoms with E-state index < -0.39 is 0 Å². The molecule has 1 aliphatic rings. The smallest absolute Gasteiger partial charge is 0.142 e. The van der Waals surface area contributed by atoms with Crippen molar-refractivity contribution in [1.82, 2.24) is 0 Å². The van der Waals surface area contributed by atoms with Crippen molar-refractivity contribution in [3.63, 3.8) is 0 Å². The van der Waals surface area contributed by atoms with Crippen molar-refractivity contribution in [2.75, 3.05) is 5.75 Å². The van der Waals surface area contributed by atoms with Crippen LogP contribution in [0.15, 0.2) is 12.1 Å². The Morgan fingerprint density at radius 3 is 3.00 bits per heavy atom. The molecule has 1 aromatic rings. The molecule has 0 radical (unpaired) electrons. The molecule has 2 N–H and O–H groups in total. The molecule has 2 unspecified atom stereocenters. The molecule has 1 heterocycles. The Balaban J connectivity index is 2.49. The Bertz CT molecular complexity index is 383. The monoisotopic (exact) mass is 245 g/mol. The maximum absolute atomic E-state index is 13.3. The Labute approximate surface area is 98.2 Å². The highest BCUT2D eigenvalue weighted by atomic mass is 35.5. The summed E-state index contributed by atoms with van der Waals surface area (Å²) in [5, 5.41) is 0.170. The number of benzene rings is 1. The van der Waals surface area contributed by atoms with Gasteiger partial charge in [0, 0.05) is 11.8 Å². The molecule has 1 aliphatic heterocycles. The van der Waals surface area contributed by atoms with Crippen molar-refractivity contribution in [3.05, 3.63) is 34.1 Å². The van der Waals surface area contributed by atoms with E-state index in [4.69, 9.17) is 17.3 Å². The number of halogens is 2. The van der Waals surface area contributed by atoms with Crippen LogP contribution in [0.2, 0.25) is 5.02 Å². The van der Waals surface area contributed by atoms with Crippen LogP contribution in [0.1, 0.15) is 24.1 Å². The van der Waals surface area contributed by atoms with Gasteiger partial charge in [-0.3, -0.25) is 0 Å². The molecule has 2 atom stereocenters. The maximum atomic E-state index is 13.3. The number of fused-ring (bicyclic) bond motifs is 1. The zero-order valence-corrected chi connectivity index (χ0v) is 10.0. The van der Waals surface area contributed by atoms with Crippen LogP contribution in [-0.2, 0) is 5.75 Å². The molecule has 0 aliphatic carbocycles. The Morgan fingerprint density at radius 2 is 2.27 bits per heavy atom. The van der Waals surface area contributed by atoms with Crippen LogP contribution in [0.3, 0.4) is 0 Å². The third-order valence-corrected chi connectivity index (χ3v) is 4.36. The highest BCUT2D eigenvalue weighted by Crippen LogP contribution is 2.35. The predicted octanol–water partition coefficient (Wildman–Crippen LogP) is 3.36. The van der Waals surface area contributed by atoms with Gasteiger partial charge in [-0.2, -0.15) is 11.8 Å². The Hall–Kier alpha value is -0.250. The van der Waals surface area contributed by atoms with E-state index >= 15 is 0 Å². The van der Waals surface area contributed by atoms with Crippen molar-refractivity contribution < 1.29 is 4.39 Å². The first-order valence-corrected chi connectivity index (χ1v) is 6.44. The van der Waals surface area contributed by atoms with Gasteiger partial charge in [-0.1, -0.05) is 18.5 Å². The van der Waals surface area contributed by atoms with Gasteiger partial charge in [0.15, 0.2) is 0 Å². The molecule has 1 aromatic carbocycles. The van der Waals surface area contributed by atoms with E-state index in [0.717, 1.165) is 22.6 Å². The summed E-state index contributed by atoms with van der Waals surface area (Å²) >= 11 is 7.57. The van der Waals surface area contributed by atoms with Crippen LogP contribution >= 0.6 is 23.4 Å². The van der Waals surface area contributed by atoms with Gasteiger partial charge < -0.3 is 5.73 Å². The summed E-state index contributed by atoms with van der Waals surface area (Å²) < 4.78 is 13.3. The van der Waals surface area contributed by atoms with Crippen LogP contribution in [-0.4, -0.2) is 5.75 Å². The number of hydrogen-bond donors (Lipinski definition) is 1. The summed E-state index contributed by atoms with van der Waals surface area (Å²) in [4.78, 5) is 0. The quantitative estimate of drug-likeness (QED) is 0.759. The molecule has 4 heteroatoms. The molecule has 0 saturated carbocycles. The van der Waals surface area contributed by atoms with Crippen molar-refractivity contribution in [3.8, 4) is 0 Å². The maximum Gasteiger partial charge on any atom is 0.142 e. The molecule has 0 fully saturated rings. The molecule has 1 nitrogen and oxygen atoms in total. The minimum absolute atomic E-state index is 0.0342. The van der Waals surface area contributed by atoms with E-state index in [1.807, 2.05) is 0 Å². The third-order valence-electron chi connectivity index (χ3n) is 2.79. The van der Waals surface area contributed by atoms with Crippen molar-refractivity contribution in [2.24, 2.45) is 11.7 Å². The molecular weight excluding hydrogens is 233 g/mol. The zero-order valence-electron chi connectivity index (χ0n) is 8.47. The van der Waals surface area contributed by atoms with Gasteiger partial charge in [-0.15, -0.1) is 0 Å². The highest BCUT2D eigenvalue weighted by molar-refractivity contribution is 7.98. The predicted molar refractivity (Wildman–Crippen MR) is 63.7 cm³/mol. The fourth-order valence-corrected chi connectivity index (χ4v) is 3.14. The van der Waals surface area contributed by atoms with Gasteiger partial charge in [0.1, 0.15) is 5.82 Å². The van der Waals surface area contributed by atoms with Crippen LogP contribution in [0.5, 0.6) is 0 Å². The van der Waals surface area contributed by atoms with Gasteiger partial charge in [-0.05, 0) is 34.9 Å². The van der Waals surface area contributed by atoms with E-state index in [-0.39, 0.29) is 16.9 Å². The van der Waals surface area contributed by atoms with E-state index in [1.54, 1.807) is 17.8 Å². The van der Waals surface area contributed by atoms with Gasteiger partial charge in [0.05, 0.1) is 5.02 Å². The third kappa shape index (κ3) is 2.14. The van der Waals surface area contributed by atoms with Gasteiger partial charge in [0.2, 0.25) is 0 Å². The average Bonchev–Trinajstić information content (AvgIpc) is 2.32. The van der Waals surface area contributed by atoms with Gasteiger partial charge in [-0.25, -0.2) is 4.39 Å². The topological polar surface area (TPSA) is 26.0 Å². The normalized spacial score (nSPS) is 25.9. The molecule has 0 aromatic heterocycles. The van der Waals surface area contributed by atoms with Crippen LogP contribution in [0.4, 0.5) is 4.39 Å². The summed E-state index contributed by atoms with van der Waals surface area (Å²) in [7, 11) is 0. The number of rotatable bonds is 0. The van der Waals surface area contributed by atoms with Crippen LogP contribution < -0.4 is 5.73 Å². The standard InChI is InChI=1S/C11H13ClFNS/c1-6-4-15-5-7-2-10(13)9(12)3-8(7)11(6)14/h2-3,6,11H,4-5,14H2,1H3. The van der Waals surface area contributed by atoms with E-state index in [9.17, 15) is 4.39 Å². The van der Waals surface area contributed by atoms with Crippen molar-refractivity contribution in [2.45, 2.75) is 18.7 Å². The summed E-state index contributed by atoms with van der Waals surface area (Å²) in [5.41, 5.74) is 8.10. The lowest BCUT2D eigenvalue weighted by Gasteiger charge is -2.18. The first-order valence-electron chi connectivity index (χ1n) is 4.90. The van der Waals surface area contributed by atoms with Gasteiger partial charge >= 0.3 is 0 Å². The lowest BCUT2D eigenvalue weighted by Crippen LogP contribution is -2.20. The highest BCUT2D eigenvalue weighted by Gasteiger charge is 2.23. The second-order valence-corrected chi connectivity index (χ2v) is 5.42. The van der Waals surface area contributed by atoms with E-state index in [2.05, 4.69) is 6.92 Å². The minimum Gasteiger partial charge on any atom is -0.324 e. The van der Waals surface area contributed by atoms with Gasteiger partial charge in [0.25, 0.3) is 0 Å². The average molecular weight is 246 g/mol. The fourth-order valence-electron chi connectivity index (χ4n) is 1.80. The largest absolute Gasteiger partial charge is 0.324 e. The Morgan fingerprint density at radius 1 is 1.53 bits per heavy atom. The molecule has 2 rings (SSSR count). The molecule has 15 heavy (non-hydrogen) atoms. The molecule has 0 bridgehead atoms. The molecule has 82 valence electrons. The molecule has 0 saturated heterocycles. The second kappa shape index (κ2) is 4.32. The van der Waals surface area contributed by atoms with E-state index in [1.165, 1.54) is 6.07 Å². The molecule has 0 spiro atoms. The van der Waals surface area contributed by atoms with Crippen molar-refractivity contribution >= 4 is 23.4 Å². The Kier molecular flexibility index (Phi) is 3.24.